The molecule has 0 spiro atoms. The third-order valence-electron chi connectivity index (χ3n) is 3.96. The van der Waals surface area contributed by atoms with Crippen LogP contribution in [0.2, 0.25) is 0 Å². The van der Waals surface area contributed by atoms with E-state index in [0.29, 0.717) is 11.1 Å². The lowest BCUT2D eigenvalue weighted by molar-refractivity contribution is -0.129. The molecule has 0 aromatic heterocycles. The van der Waals surface area contributed by atoms with Crippen molar-refractivity contribution in [3.05, 3.63) is 70.8 Å². The van der Waals surface area contributed by atoms with Crippen LogP contribution in [0.3, 0.4) is 0 Å². The van der Waals surface area contributed by atoms with Crippen LogP contribution in [0.4, 0.5) is 4.39 Å². The molecule has 3 nitrogen and oxygen atoms in total. The van der Waals surface area contributed by atoms with Gasteiger partial charge in [0.2, 0.25) is 5.78 Å². The largest absolute Gasteiger partial charge is 0.349 e. The summed E-state index contributed by atoms with van der Waals surface area (Å²) in [6.07, 6.45) is -0.191. The van der Waals surface area contributed by atoms with Crippen molar-refractivity contribution in [2.75, 3.05) is 0 Å². The molecule has 1 amide bonds. The van der Waals surface area contributed by atoms with Crippen LogP contribution in [0.25, 0.3) is 0 Å². The van der Waals surface area contributed by atoms with Gasteiger partial charge in [0.1, 0.15) is 0 Å². The zero-order valence-electron chi connectivity index (χ0n) is 12.2. The number of halogens is 1. The second kappa shape index (κ2) is 5.37. The molecule has 0 fully saturated rings. The summed E-state index contributed by atoms with van der Waals surface area (Å²) in [5.41, 5.74) is 0.217. The van der Waals surface area contributed by atoms with Gasteiger partial charge in [-0.2, -0.15) is 0 Å². The summed E-state index contributed by atoms with van der Waals surface area (Å²) in [5.74, 6) is -1.61. The standard InChI is InChI=1S/C18H16FNO2/c1-12-7-8-15-14(9-12)10-18(19,16(15)21)17(22)20-11-13-5-3-2-4-6-13/h2-9H,10-11H2,1H3,(H,20,22)/t18-/m0/s1. The van der Waals surface area contributed by atoms with Crippen LogP contribution in [-0.4, -0.2) is 17.4 Å². The predicted molar refractivity (Wildman–Crippen MR) is 81.3 cm³/mol. The molecule has 1 aliphatic rings. The van der Waals surface area contributed by atoms with E-state index in [1.54, 1.807) is 18.2 Å². The number of carbonyl (C=O) groups excluding carboxylic acids is 2. The first-order valence-electron chi connectivity index (χ1n) is 7.16. The molecular formula is C18H16FNO2. The average Bonchev–Trinajstić information content (AvgIpc) is 2.77. The number of benzene rings is 2. The Morgan fingerprint density at radius 3 is 2.68 bits per heavy atom. The number of fused-ring (bicyclic) bond motifs is 1. The second-order valence-corrected chi connectivity index (χ2v) is 5.64. The van der Waals surface area contributed by atoms with Crippen molar-refractivity contribution in [3.8, 4) is 0 Å². The SMILES string of the molecule is Cc1ccc2c(c1)C[C@@](F)(C(=O)NCc1ccccc1)C2=O. The minimum absolute atomic E-state index is 0.191. The van der Waals surface area contributed by atoms with E-state index in [9.17, 15) is 14.0 Å². The van der Waals surface area contributed by atoms with Gasteiger partial charge in [-0.3, -0.25) is 9.59 Å². The van der Waals surface area contributed by atoms with Gasteiger partial charge >= 0.3 is 0 Å². The molecule has 112 valence electrons. The van der Waals surface area contributed by atoms with E-state index in [1.165, 1.54) is 0 Å². The molecule has 4 heteroatoms. The molecule has 0 saturated carbocycles. The molecular weight excluding hydrogens is 281 g/mol. The second-order valence-electron chi connectivity index (χ2n) is 5.64. The molecule has 0 aliphatic heterocycles. The van der Waals surface area contributed by atoms with Crippen molar-refractivity contribution >= 4 is 11.7 Å². The quantitative estimate of drug-likeness (QED) is 0.886. The smallest absolute Gasteiger partial charge is 0.266 e. The molecule has 1 aliphatic carbocycles. The van der Waals surface area contributed by atoms with Gasteiger partial charge in [-0.15, -0.1) is 0 Å². The minimum atomic E-state index is -2.50. The Labute approximate surface area is 128 Å². The van der Waals surface area contributed by atoms with Gasteiger partial charge in [-0.25, -0.2) is 4.39 Å². The maximum atomic E-state index is 15.0. The minimum Gasteiger partial charge on any atom is -0.349 e. The number of carbonyl (C=O) groups is 2. The highest BCUT2D eigenvalue weighted by Crippen LogP contribution is 2.34. The van der Waals surface area contributed by atoms with Crippen molar-refractivity contribution in [2.45, 2.75) is 25.6 Å². The van der Waals surface area contributed by atoms with Gasteiger partial charge in [0, 0.05) is 18.5 Å². The van der Waals surface area contributed by atoms with Gasteiger partial charge in [0.15, 0.2) is 0 Å². The topological polar surface area (TPSA) is 46.2 Å². The fraction of sp³-hybridized carbons (Fsp3) is 0.222. The van der Waals surface area contributed by atoms with Crippen molar-refractivity contribution in [2.24, 2.45) is 0 Å². The van der Waals surface area contributed by atoms with Gasteiger partial charge in [-0.1, -0.05) is 54.1 Å². The van der Waals surface area contributed by atoms with Crippen molar-refractivity contribution in [3.63, 3.8) is 0 Å². The summed E-state index contributed by atoms with van der Waals surface area (Å²) in [6.45, 7) is 2.08. The Bertz CT molecular complexity index is 742. The van der Waals surface area contributed by atoms with E-state index in [4.69, 9.17) is 0 Å². The first-order valence-corrected chi connectivity index (χ1v) is 7.16. The number of hydrogen-bond donors (Lipinski definition) is 1. The average molecular weight is 297 g/mol. The van der Waals surface area contributed by atoms with E-state index in [0.717, 1.165) is 11.1 Å². The third-order valence-corrected chi connectivity index (χ3v) is 3.96. The maximum Gasteiger partial charge on any atom is 0.266 e. The van der Waals surface area contributed by atoms with Crippen LogP contribution in [0.15, 0.2) is 48.5 Å². The lowest BCUT2D eigenvalue weighted by Gasteiger charge is -2.17. The Hall–Kier alpha value is -2.49. The molecule has 3 rings (SSSR count). The highest BCUT2D eigenvalue weighted by atomic mass is 19.1. The van der Waals surface area contributed by atoms with Crippen LogP contribution >= 0.6 is 0 Å². The Morgan fingerprint density at radius 1 is 1.23 bits per heavy atom. The van der Waals surface area contributed by atoms with E-state index in [2.05, 4.69) is 5.32 Å². The van der Waals surface area contributed by atoms with Gasteiger partial charge in [0.25, 0.3) is 11.6 Å². The lowest BCUT2D eigenvalue weighted by atomic mass is 10.00. The van der Waals surface area contributed by atoms with E-state index < -0.39 is 17.4 Å². The van der Waals surface area contributed by atoms with Gasteiger partial charge in [-0.05, 0) is 18.1 Å². The zero-order valence-corrected chi connectivity index (χ0v) is 12.2. The molecule has 1 atom stereocenters. The van der Waals surface area contributed by atoms with Crippen molar-refractivity contribution in [1.82, 2.24) is 5.32 Å². The van der Waals surface area contributed by atoms with Crippen LogP contribution in [-0.2, 0) is 17.8 Å². The maximum absolute atomic E-state index is 15.0. The summed E-state index contributed by atoms with van der Waals surface area (Å²) in [6, 6.07) is 14.3. The number of rotatable bonds is 3. The highest BCUT2D eigenvalue weighted by molar-refractivity contribution is 6.20. The number of hydrogen-bond acceptors (Lipinski definition) is 2. The molecule has 22 heavy (non-hydrogen) atoms. The first kappa shape index (κ1) is 14.4. The third kappa shape index (κ3) is 2.41. The van der Waals surface area contributed by atoms with E-state index >= 15 is 0 Å². The number of Topliss-reactive ketones (excluding diaryl/α,β-unsaturated/α-hetero) is 1. The zero-order chi connectivity index (χ0) is 15.7. The van der Waals surface area contributed by atoms with Gasteiger partial charge < -0.3 is 5.32 Å². The fourth-order valence-electron chi connectivity index (χ4n) is 2.75. The summed E-state index contributed by atoms with van der Waals surface area (Å²) in [4.78, 5) is 24.4. The molecule has 2 aromatic carbocycles. The Balaban J connectivity index is 1.77. The summed E-state index contributed by atoms with van der Waals surface area (Å²) >= 11 is 0. The van der Waals surface area contributed by atoms with Crippen LogP contribution in [0.1, 0.15) is 27.0 Å². The Morgan fingerprint density at radius 2 is 1.95 bits per heavy atom. The van der Waals surface area contributed by atoms with E-state index in [1.807, 2.05) is 37.3 Å². The fourth-order valence-corrected chi connectivity index (χ4v) is 2.75. The summed E-state index contributed by atoms with van der Waals surface area (Å²) in [5, 5.41) is 2.53. The number of alkyl halides is 1. The van der Waals surface area contributed by atoms with Crippen LogP contribution < -0.4 is 5.32 Å². The summed E-state index contributed by atoms with van der Waals surface area (Å²) in [7, 11) is 0. The number of nitrogens with one attached hydrogen (secondary N) is 1. The molecule has 0 saturated heterocycles. The molecule has 2 aromatic rings. The summed E-state index contributed by atoms with van der Waals surface area (Å²) < 4.78 is 15.0. The number of ketones is 1. The van der Waals surface area contributed by atoms with Crippen LogP contribution in [0.5, 0.6) is 0 Å². The number of aryl methyl sites for hydroxylation is 1. The highest BCUT2D eigenvalue weighted by Gasteiger charge is 2.52. The molecule has 0 unspecified atom stereocenters. The Kier molecular flexibility index (Phi) is 3.53. The lowest BCUT2D eigenvalue weighted by Crippen LogP contribution is -2.47. The molecule has 0 heterocycles. The van der Waals surface area contributed by atoms with Gasteiger partial charge in [0.05, 0.1) is 0 Å². The van der Waals surface area contributed by atoms with Crippen molar-refractivity contribution in [1.29, 1.82) is 0 Å². The van der Waals surface area contributed by atoms with Crippen molar-refractivity contribution < 1.29 is 14.0 Å². The molecule has 0 radical (unpaired) electrons. The predicted octanol–water partition coefficient (Wildman–Crippen LogP) is 2.76. The molecule has 0 bridgehead atoms. The van der Waals surface area contributed by atoms with Crippen LogP contribution in [0, 0.1) is 6.92 Å². The normalized spacial score (nSPS) is 19.8. The molecule has 1 N–H and O–H groups in total. The van der Waals surface area contributed by atoms with E-state index in [-0.39, 0.29) is 13.0 Å². The monoisotopic (exact) mass is 297 g/mol. The number of amides is 1. The first-order chi connectivity index (χ1) is 10.5.